The molecular weight excluding hydrogens is 448 g/mol. The van der Waals surface area contributed by atoms with E-state index in [1.807, 2.05) is 22.8 Å². The molecule has 2 aromatic heterocycles. The molecule has 0 bridgehead atoms. The van der Waals surface area contributed by atoms with Gasteiger partial charge in [-0.3, -0.25) is 4.79 Å². The number of carboxylic acids is 1. The Bertz CT molecular complexity index is 1300. The van der Waals surface area contributed by atoms with Crippen molar-refractivity contribution >= 4 is 5.97 Å². The highest BCUT2D eigenvalue weighted by Crippen LogP contribution is 2.45. The summed E-state index contributed by atoms with van der Waals surface area (Å²) in [6, 6.07) is 9.12. The van der Waals surface area contributed by atoms with Crippen LogP contribution in [-0.2, 0) is 11.2 Å². The molecule has 184 valence electrons. The van der Waals surface area contributed by atoms with E-state index < -0.39 is 11.4 Å². The molecule has 35 heavy (non-hydrogen) atoms. The van der Waals surface area contributed by atoms with Gasteiger partial charge in [0.05, 0.1) is 19.4 Å². The van der Waals surface area contributed by atoms with Crippen molar-refractivity contribution in [3.63, 3.8) is 0 Å². The minimum atomic E-state index is -1.22. The van der Waals surface area contributed by atoms with Crippen molar-refractivity contribution in [1.82, 2.24) is 9.55 Å². The number of pyridine rings is 2. The topological polar surface area (TPSA) is 99.9 Å². The lowest BCUT2D eigenvalue weighted by molar-refractivity contribution is 0.0693. The van der Waals surface area contributed by atoms with Crippen LogP contribution in [0.25, 0.3) is 22.4 Å². The van der Waals surface area contributed by atoms with Crippen molar-refractivity contribution in [2.45, 2.75) is 33.2 Å². The average Bonchev–Trinajstić information content (AvgIpc) is 2.82. The van der Waals surface area contributed by atoms with Crippen LogP contribution in [0.4, 0.5) is 0 Å². The lowest BCUT2D eigenvalue weighted by Gasteiger charge is -2.39. The number of methoxy groups -OCH3 is 2. The standard InChI is InChI=1S/C27H30N2O6/c1-27(2,3)24-11-17-10-19(16-6-7-25(28-14-16)35-9-8-33-4)23(34-5)12-18(17)21-13-22(30)20(26(31)32)15-29(21)24/h6-7,10,12-15,24H,8-9,11H2,1-5H3,(H,31,32). The third kappa shape index (κ3) is 4.79. The number of rotatable bonds is 7. The lowest BCUT2D eigenvalue weighted by atomic mass is 9.78. The third-order valence-electron chi connectivity index (χ3n) is 6.34. The first-order valence-corrected chi connectivity index (χ1v) is 11.4. The van der Waals surface area contributed by atoms with Crippen molar-refractivity contribution in [2.24, 2.45) is 5.41 Å². The monoisotopic (exact) mass is 478 g/mol. The van der Waals surface area contributed by atoms with Gasteiger partial charge in [-0.1, -0.05) is 20.8 Å². The summed E-state index contributed by atoms with van der Waals surface area (Å²) in [6.07, 6.45) is 3.90. The van der Waals surface area contributed by atoms with E-state index in [0.29, 0.717) is 37.0 Å². The van der Waals surface area contributed by atoms with E-state index >= 15 is 0 Å². The van der Waals surface area contributed by atoms with Crippen LogP contribution in [0, 0.1) is 5.41 Å². The second-order valence-electron chi connectivity index (χ2n) is 9.67. The van der Waals surface area contributed by atoms with Crippen molar-refractivity contribution < 1.29 is 24.1 Å². The van der Waals surface area contributed by atoms with Crippen LogP contribution in [0.1, 0.15) is 42.7 Å². The Kier molecular flexibility index (Phi) is 6.67. The Morgan fingerprint density at radius 3 is 2.51 bits per heavy atom. The molecule has 0 aliphatic carbocycles. The second kappa shape index (κ2) is 9.54. The summed E-state index contributed by atoms with van der Waals surface area (Å²) >= 11 is 0. The summed E-state index contributed by atoms with van der Waals surface area (Å²) in [5.74, 6) is -0.0778. The molecule has 3 aromatic rings. The zero-order chi connectivity index (χ0) is 25.3. The Labute approximate surface area is 204 Å². The number of fused-ring (bicyclic) bond motifs is 3. The summed E-state index contributed by atoms with van der Waals surface area (Å²) in [4.78, 5) is 28.7. The zero-order valence-electron chi connectivity index (χ0n) is 20.6. The van der Waals surface area contributed by atoms with Gasteiger partial charge in [-0.15, -0.1) is 0 Å². The molecule has 1 aliphatic rings. The van der Waals surface area contributed by atoms with Gasteiger partial charge < -0.3 is 23.9 Å². The molecule has 0 radical (unpaired) electrons. The fourth-order valence-corrected chi connectivity index (χ4v) is 4.50. The maximum absolute atomic E-state index is 12.6. The van der Waals surface area contributed by atoms with Gasteiger partial charge in [-0.2, -0.15) is 0 Å². The maximum atomic E-state index is 12.6. The molecule has 1 atom stereocenters. The highest BCUT2D eigenvalue weighted by atomic mass is 16.5. The van der Waals surface area contributed by atoms with Crippen LogP contribution >= 0.6 is 0 Å². The summed E-state index contributed by atoms with van der Waals surface area (Å²) in [7, 11) is 3.22. The molecular formula is C27H30N2O6. The Morgan fingerprint density at radius 2 is 1.91 bits per heavy atom. The number of aromatic carboxylic acids is 1. The van der Waals surface area contributed by atoms with E-state index in [1.54, 1.807) is 20.4 Å². The van der Waals surface area contributed by atoms with E-state index in [9.17, 15) is 14.7 Å². The normalized spacial score (nSPS) is 14.7. The first kappa shape index (κ1) is 24.5. The SMILES string of the molecule is COCCOc1ccc(-c2cc3c(cc2OC)-c2cc(=O)c(C(=O)O)cn2C(C(C)(C)C)C3)cn1. The Balaban J connectivity index is 1.83. The quantitative estimate of drug-likeness (QED) is 0.501. The van der Waals surface area contributed by atoms with Gasteiger partial charge in [0.25, 0.3) is 0 Å². The first-order chi connectivity index (χ1) is 16.6. The number of aromatic nitrogens is 2. The van der Waals surface area contributed by atoms with Gasteiger partial charge in [0.2, 0.25) is 5.88 Å². The third-order valence-corrected chi connectivity index (χ3v) is 6.34. The number of nitrogens with zero attached hydrogens (tertiary/aromatic N) is 2. The van der Waals surface area contributed by atoms with Gasteiger partial charge >= 0.3 is 5.97 Å². The van der Waals surface area contributed by atoms with Crippen molar-refractivity contribution in [3.8, 4) is 34.0 Å². The predicted molar refractivity (Wildman–Crippen MR) is 132 cm³/mol. The lowest BCUT2D eigenvalue weighted by Crippen LogP contribution is -2.32. The highest BCUT2D eigenvalue weighted by molar-refractivity contribution is 5.88. The predicted octanol–water partition coefficient (Wildman–Crippen LogP) is 4.45. The van der Waals surface area contributed by atoms with Gasteiger partial charge in [-0.05, 0) is 35.6 Å². The van der Waals surface area contributed by atoms with Crippen LogP contribution < -0.4 is 14.9 Å². The molecule has 0 amide bonds. The van der Waals surface area contributed by atoms with Crippen molar-refractivity contribution in [3.05, 3.63) is 64.1 Å². The minimum Gasteiger partial charge on any atom is -0.496 e. The van der Waals surface area contributed by atoms with E-state index in [0.717, 1.165) is 22.3 Å². The van der Waals surface area contributed by atoms with Crippen molar-refractivity contribution in [2.75, 3.05) is 27.4 Å². The number of hydrogen-bond acceptors (Lipinski definition) is 6. The summed E-state index contributed by atoms with van der Waals surface area (Å²) < 4.78 is 18.2. The molecule has 0 spiro atoms. The number of hydrogen-bond donors (Lipinski definition) is 1. The molecule has 1 aliphatic heterocycles. The van der Waals surface area contributed by atoms with E-state index in [4.69, 9.17) is 14.2 Å². The largest absolute Gasteiger partial charge is 0.496 e. The molecule has 8 heteroatoms. The van der Waals surface area contributed by atoms with Crippen molar-refractivity contribution in [1.29, 1.82) is 0 Å². The summed E-state index contributed by atoms with van der Waals surface area (Å²) in [6.45, 7) is 7.24. The molecule has 1 aromatic carbocycles. The van der Waals surface area contributed by atoms with Crippen LogP contribution in [0.15, 0.2) is 47.5 Å². The van der Waals surface area contributed by atoms with Crippen LogP contribution in [0.3, 0.4) is 0 Å². The molecule has 4 rings (SSSR count). The number of carbonyl (C=O) groups is 1. The fraction of sp³-hybridized carbons (Fsp3) is 0.370. The van der Waals surface area contributed by atoms with E-state index in [1.165, 1.54) is 12.3 Å². The Morgan fingerprint density at radius 1 is 1.14 bits per heavy atom. The van der Waals surface area contributed by atoms with Gasteiger partial charge in [0, 0.05) is 54.4 Å². The summed E-state index contributed by atoms with van der Waals surface area (Å²) in [5.41, 5.74) is 3.44. The number of carboxylic acid groups (broad SMARTS) is 1. The Hall–Kier alpha value is -3.65. The molecule has 8 nitrogen and oxygen atoms in total. The van der Waals surface area contributed by atoms with Crippen LogP contribution in [0.2, 0.25) is 0 Å². The minimum absolute atomic E-state index is 0.0420. The smallest absolute Gasteiger partial charge is 0.341 e. The molecule has 0 saturated carbocycles. The molecule has 0 fully saturated rings. The first-order valence-electron chi connectivity index (χ1n) is 11.4. The summed E-state index contributed by atoms with van der Waals surface area (Å²) in [5, 5.41) is 9.52. The van der Waals surface area contributed by atoms with Crippen LogP contribution in [-0.4, -0.2) is 48.1 Å². The van der Waals surface area contributed by atoms with Gasteiger partial charge in [-0.25, -0.2) is 9.78 Å². The van der Waals surface area contributed by atoms with Crippen LogP contribution in [0.5, 0.6) is 11.6 Å². The maximum Gasteiger partial charge on any atom is 0.341 e. The molecule has 1 N–H and O–H groups in total. The molecule has 0 saturated heterocycles. The fourth-order valence-electron chi connectivity index (χ4n) is 4.50. The molecule has 1 unspecified atom stereocenters. The van der Waals surface area contributed by atoms with E-state index in [2.05, 4.69) is 31.8 Å². The van der Waals surface area contributed by atoms with Gasteiger partial charge in [0.15, 0.2) is 5.43 Å². The average molecular weight is 479 g/mol. The highest BCUT2D eigenvalue weighted by Gasteiger charge is 2.34. The number of ether oxygens (including phenoxy) is 3. The second-order valence-corrected chi connectivity index (χ2v) is 9.67. The molecule has 3 heterocycles. The van der Waals surface area contributed by atoms with Gasteiger partial charge in [0.1, 0.15) is 17.9 Å². The number of benzene rings is 1. The zero-order valence-corrected chi connectivity index (χ0v) is 20.6. The van der Waals surface area contributed by atoms with E-state index in [-0.39, 0.29) is 17.0 Å².